The van der Waals surface area contributed by atoms with Crippen molar-refractivity contribution in [1.29, 1.82) is 0 Å². The molecule has 0 spiro atoms. The lowest BCUT2D eigenvalue weighted by Gasteiger charge is -2.39. The first-order chi connectivity index (χ1) is 68.4. The molecule has 10 aliphatic rings. The summed E-state index contributed by atoms with van der Waals surface area (Å²) in [5, 5.41) is 12.7. The van der Waals surface area contributed by atoms with Crippen LogP contribution in [-0.2, 0) is 61.6 Å². The number of ketones is 2. The van der Waals surface area contributed by atoms with Crippen molar-refractivity contribution in [2.45, 2.75) is 293 Å². The summed E-state index contributed by atoms with van der Waals surface area (Å²) in [6.07, 6.45) is 44.5. The van der Waals surface area contributed by atoms with Crippen molar-refractivity contribution >= 4 is 113 Å². The highest BCUT2D eigenvalue weighted by Crippen LogP contribution is 2.46. The third kappa shape index (κ3) is 24.2. The zero-order chi connectivity index (χ0) is 96.3. The molecule has 8 unspecified atom stereocenters. The number of carbonyl (C=O) groups is 4. The first-order valence-corrected chi connectivity index (χ1v) is 54.2. The average molecular weight is 1970 g/mol. The van der Waals surface area contributed by atoms with Crippen molar-refractivity contribution in [3.8, 4) is 11.5 Å². The third-order valence-corrected chi connectivity index (χ3v) is 33.7. The minimum atomic E-state index is -0.0895. The van der Waals surface area contributed by atoms with E-state index in [-0.39, 0.29) is 23.4 Å². The topological polar surface area (TPSA) is 162 Å². The fourth-order valence-electron chi connectivity index (χ4n) is 25.4. The second-order valence-electron chi connectivity index (χ2n) is 42.0. The Hall–Kier alpha value is -9.28. The standard InChI is InChI=1S/C35H40ClN3O2.C31H38ClN3O3.C28H33ClN2O.C24H31ClN2O2/c1-41-33-13-6-12-31-32(35(40)37-23-27-10-5-11-28(36)20-27)24-38(34(31)33)18-7-19-39-29-16-17-30(39)22-26(21-29)15-14-25-8-3-2-4-9-25;1-37-29-8-3-7-27-28(31(36)33-18-22-5-2-6-23(32)15-22)19-34(30(27)29)13-4-14-35-24-11-12-25(35)17-26(16-24)38-20-21-9-10-21;1-20(32)26-19-30(28-25(26)9-5-10-27(28)29)15-6-16-31-23-13-14-24(31)18-22(17-23)12-11-21-7-3-2-4-8-21;1-16(28)22-14-26(24-21(22)4-2-5-23(24)25)10-3-11-27-18-8-9-19(27)13-20(12-18)29-15-17-6-7-17/h2-6,8-13,20,24,26,29-30H,7,14-19,21-23H2,1H3,(H,37,40);2-3,5-8,15,19,21,24-26H,4,9-14,16-18,20H2,1H3,(H,33,36);2-5,7-10,19,22-24H,6,11-18H2,1H3;2,4-5,14,17-20H,3,6-13,15H2,1H3. The van der Waals surface area contributed by atoms with Gasteiger partial charge in [-0.25, -0.2) is 0 Å². The molecule has 2 aliphatic carbocycles. The molecule has 2 amide bonds. The number of ether oxygens (including phenoxy) is 4. The molecular formula is C118H142Cl4N10O8. The van der Waals surface area contributed by atoms with Gasteiger partial charge < -0.3 is 47.8 Å². The zero-order valence-corrected chi connectivity index (χ0v) is 85.4. The quantitative estimate of drug-likeness (QED) is 0.0353. The molecule has 12 aromatic rings. The predicted octanol–water partition coefficient (Wildman–Crippen LogP) is 25.6. The van der Waals surface area contributed by atoms with Crippen LogP contribution in [0.25, 0.3) is 43.6 Å². The molecule has 2 N–H and O–H groups in total. The Balaban J connectivity index is 0.000000120. The van der Waals surface area contributed by atoms with Gasteiger partial charge in [-0.05, 0) is 288 Å². The van der Waals surface area contributed by atoms with Gasteiger partial charge >= 0.3 is 0 Å². The van der Waals surface area contributed by atoms with Gasteiger partial charge in [-0.3, -0.25) is 38.8 Å². The molecule has 140 heavy (non-hydrogen) atoms. The van der Waals surface area contributed by atoms with E-state index in [0.717, 1.165) is 227 Å². The number of nitrogens with one attached hydrogen (secondary N) is 2. The van der Waals surface area contributed by atoms with Crippen LogP contribution in [0, 0.1) is 23.7 Å². The number of hydrogen-bond donors (Lipinski definition) is 2. The van der Waals surface area contributed by atoms with E-state index in [1.54, 1.807) is 28.1 Å². The highest BCUT2D eigenvalue weighted by molar-refractivity contribution is 6.36. The number of para-hydroxylation sites is 4. The zero-order valence-electron chi connectivity index (χ0n) is 82.4. The lowest BCUT2D eigenvalue weighted by molar-refractivity contribution is -0.0243. The number of halogens is 4. The second kappa shape index (κ2) is 46.6. The van der Waals surface area contributed by atoms with Crippen LogP contribution < -0.4 is 20.1 Å². The predicted molar refractivity (Wildman–Crippen MR) is 567 cm³/mol. The molecule has 8 aliphatic heterocycles. The first kappa shape index (κ1) is 99.5. The number of amides is 2. The number of aromatic nitrogens is 4. The van der Waals surface area contributed by atoms with Crippen LogP contribution in [0.15, 0.2) is 207 Å². The van der Waals surface area contributed by atoms with E-state index in [2.05, 4.69) is 109 Å². The van der Waals surface area contributed by atoms with E-state index in [0.29, 0.717) is 70.6 Å². The van der Waals surface area contributed by atoms with Gasteiger partial charge in [0.25, 0.3) is 11.8 Å². The number of rotatable bonds is 38. The van der Waals surface area contributed by atoms with Gasteiger partial charge in [-0.15, -0.1) is 0 Å². The summed E-state index contributed by atoms with van der Waals surface area (Å²) in [5.41, 5.74) is 11.8. The molecule has 8 aromatic carbocycles. The minimum absolute atomic E-state index is 0.0856. The third-order valence-electron chi connectivity index (χ3n) is 32.6. The van der Waals surface area contributed by atoms with E-state index in [1.807, 2.05) is 146 Å². The number of nitrogens with zero attached hydrogens (tertiary/aromatic N) is 8. The summed E-state index contributed by atoms with van der Waals surface area (Å²) >= 11 is 25.2. The van der Waals surface area contributed by atoms with Crippen LogP contribution in [-0.4, -0.2) is 175 Å². The van der Waals surface area contributed by atoms with Gasteiger partial charge in [0.05, 0.1) is 69.7 Å². The minimum Gasteiger partial charge on any atom is -0.495 e. The fraction of sp³-hybridized carbons (Fsp3) is 0.492. The number of piperidine rings is 4. The molecule has 4 aromatic heterocycles. The lowest BCUT2D eigenvalue weighted by Crippen LogP contribution is -2.46. The van der Waals surface area contributed by atoms with E-state index in [1.165, 1.54) is 165 Å². The molecule has 0 radical (unpaired) electrons. The van der Waals surface area contributed by atoms with Crippen LogP contribution in [0.3, 0.4) is 0 Å². The fourth-order valence-corrected chi connectivity index (χ4v) is 26.3. The smallest absolute Gasteiger partial charge is 0.253 e. The van der Waals surface area contributed by atoms with E-state index < -0.39 is 0 Å². The number of hydrogen-bond acceptors (Lipinski definition) is 12. The van der Waals surface area contributed by atoms with E-state index in [4.69, 9.17) is 65.4 Å². The molecule has 22 rings (SSSR count). The summed E-state index contributed by atoms with van der Waals surface area (Å²) in [6, 6.07) is 66.3. The Morgan fingerprint density at radius 1 is 0.321 bits per heavy atom. The molecular weight excluding hydrogens is 1830 g/mol. The molecule has 8 saturated heterocycles. The maximum atomic E-state index is 13.3. The monoisotopic (exact) mass is 1970 g/mol. The van der Waals surface area contributed by atoms with Gasteiger partial charge in [0.1, 0.15) is 11.5 Å². The maximum Gasteiger partial charge on any atom is 0.253 e. The second-order valence-corrected chi connectivity index (χ2v) is 43.7. The van der Waals surface area contributed by atoms with Crippen molar-refractivity contribution in [3.63, 3.8) is 0 Å². The highest BCUT2D eigenvalue weighted by Gasteiger charge is 2.45. The number of benzene rings is 8. The summed E-state index contributed by atoms with van der Waals surface area (Å²) in [7, 11) is 3.39. The summed E-state index contributed by atoms with van der Waals surface area (Å²) in [5.74, 6) is 5.03. The Labute approximate surface area is 847 Å². The molecule has 8 bridgehead atoms. The summed E-state index contributed by atoms with van der Waals surface area (Å²) in [6.45, 7) is 14.0. The number of aryl methyl sites for hydroxylation is 6. The summed E-state index contributed by atoms with van der Waals surface area (Å²) in [4.78, 5) is 61.8. The lowest BCUT2D eigenvalue weighted by atomic mass is 9.86. The van der Waals surface area contributed by atoms with Crippen molar-refractivity contribution in [3.05, 3.63) is 271 Å². The molecule has 10 fully saturated rings. The first-order valence-electron chi connectivity index (χ1n) is 52.6. The number of Topliss-reactive ketones (excluding diaryl/α,β-unsaturated/α-hetero) is 2. The van der Waals surface area contributed by atoms with Crippen molar-refractivity contribution < 1.29 is 38.1 Å². The number of methoxy groups -OCH3 is 2. The normalized spacial score (nSPS) is 23.1. The Kier molecular flexibility index (Phi) is 33.1. The number of fused-ring (bicyclic) bond motifs is 12. The van der Waals surface area contributed by atoms with Gasteiger partial charge in [0.2, 0.25) is 0 Å². The Morgan fingerprint density at radius 2 is 0.621 bits per heavy atom. The molecule has 8 atom stereocenters. The SMILES string of the molecule is CC(=O)c1cn(CCCN2C3CCC2CC(CCc2ccccc2)C3)c2c(Cl)cccc12.CC(=O)c1cn(CCCN2C3CCC2CC(OCC2CC2)C3)c2c(Cl)cccc12.COc1cccc2c(C(=O)NCc3cccc(Cl)c3)cn(CCCN3C4CCC3CC(CCc3ccccc3)C4)c12.COc1cccc2c(C(=O)NCc3cccc(Cl)c3)cn(CCCN3C4CCC3CC(OCC3CC3)C4)c12. The number of carbonyl (C=O) groups excluding carboxylic acids is 4. The Bertz CT molecular complexity index is 6190. The molecule has 12 heterocycles. The van der Waals surface area contributed by atoms with Crippen LogP contribution in [0.5, 0.6) is 11.5 Å². The van der Waals surface area contributed by atoms with Crippen LogP contribution in [0.2, 0.25) is 20.1 Å². The van der Waals surface area contributed by atoms with Crippen LogP contribution in [0.1, 0.15) is 244 Å². The Morgan fingerprint density at radius 3 is 0.943 bits per heavy atom. The average Bonchev–Trinajstić information content (AvgIpc) is 1.62. The summed E-state index contributed by atoms with van der Waals surface area (Å²) < 4.78 is 32.7. The van der Waals surface area contributed by atoms with Gasteiger partial charge in [-0.2, -0.15) is 0 Å². The van der Waals surface area contributed by atoms with Crippen molar-refractivity contribution in [2.75, 3.05) is 53.6 Å². The van der Waals surface area contributed by atoms with Crippen molar-refractivity contribution in [2.24, 2.45) is 23.7 Å². The van der Waals surface area contributed by atoms with Crippen molar-refractivity contribution in [1.82, 2.24) is 48.5 Å². The van der Waals surface area contributed by atoms with E-state index in [9.17, 15) is 19.2 Å². The van der Waals surface area contributed by atoms with E-state index >= 15 is 0 Å². The van der Waals surface area contributed by atoms with Crippen LogP contribution in [0.4, 0.5) is 0 Å². The van der Waals surface area contributed by atoms with Gasteiger partial charge in [-0.1, -0.05) is 180 Å². The molecule has 740 valence electrons. The maximum absolute atomic E-state index is 13.3. The van der Waals surface area contributed by atoms with Gasteiger partial charge in [0.15, 0.2) is 11.6 Å². The van der Waals surface area contributed by atoms with Crippen LogP contribution >= 0.6 is 46.4 Å². The highest BCUT2D eigenvalue weighted by atomic mass is 35.5. The molecule has 22 heteroatoms. The van der Waals surface area contributed by atoms with Gasteiger partial charge in [0, 0.05) is 195 Å². The largest absolute Gasteiger partial charge is 0.495 e. The molecule has 2 saturated carbocycles. The molecule has 18 nitrogen and oxygen atoms in total.